The number of morpholine rings is 1. The summed E-state index contributed by atoms with van der Waals surface area (Å²) in [4.78, 5) is 41.8. The Kier molecular flexibility index (Phi) is 4.29. The molecule has 0 aromatic heterocycles. The van der Waals surface area contributed by atoms with Gasteiger partial charge in [-0.2, -0.15) is 0 Å². The minimum atomic E-state index is -0.292. The van der Waals surface area contributed by atoms with E-state index in [9.17, 15) is 14.4 Å². The van der Waals surface area contributed by atoms with E-state index in [2.05, 4.69) is 0 Å². The van der Waals surface area contributed by atoms with Gasteiger partial charge in [0.05, 0.1) is 24.5 Å². The van der Waals surface area contributed by atoms with Crippen molar-refractivity contribution >= 4 is 23.4 Å². The summed E-state index contributed by atoms with van der Waals surface area (Å²) in [6.45, 7) is 1.86. The van der Waals surface area contributed by atoms with Gasteiger partial charge in [-0.1, -0.05) is 12.1 Å². The molecule has 1 saturated heterocycles. The fraction of sp³-hybridized carbons (Fsp3) is 0.438. The molecule has 1 aromatic rings. The predicted molar refractivity (Wildman–Crippen MR) is 83.2 cm³/mol. The lowest BCUT2D eigenvalue weighted by molar-refractivity contribution is -0.136. The zero-order chi connectivity index (χ0) is 16.4. The lowest BCUT2D eigenvalue weighted by atomic mass is 10.1. The summed E-state index contributed by atoms with van der Waals surface area (Å²) >= 11 is 0. The van der Waals surface area contributed by atoms with Crippen molar-refractivity contribution in [3.8, 4) is 0 Å². The van der Waals surface area contributed by atoms with Gasteiger partial charge in [-0.3, -0.25) is 14.4 Å². The number of likely N-dealkylation sites (N-methyl/N-ethyl adjacent to an activating group) is 1. The zero-order valence-electron chi connectivity index (χ0n) is 13.0. The Morgan fingerprint density at radius 2 is 1.87 bits per heavy atom. The average molecular weight is 317 g/mol. The molecule has 1 aromatic carbocycles. The Labute approximate surface area is 134 Å². The summed E-state index contributed by atoms with van der Waals surface area (Å²) in [5.74, 6) is -0.658. The van der Waals surface area contributed by atoms with Crippen molar-refractivity contribution < 1.29 is 19.1 Å². The molecule has 2 aliphatic heterocycles. The van der Waals surface area contributed by atoms with E-state index in [0.29, 0.717) is 37.6 Å². The number of ether oxygens (including phenoxy) is 1. The van der Waals surface area contributed by atoms with Crippen molar-refractivity contribution in [2.75, 3.05) is 51.3 Å². The number of benzene rings is 1. The number of para-hydroxylation sites is 1. The van der Waals surface area contributed by atoms with E-state index in [0.717, 1.165) is 0 Å². The van der Waals surface area contributed by atoms with Crippen molar-refractivity contribution in [2.45, 2.75) is 0 Å². The van der Waals surface area contributed by atoms with Gasteiger partial charge >= 0.3 is 0 Å². The number of amides is 3. The van der Waals surface area contributed by atoms with Gasteiger partial charge in [-0.15, -0.1) is 0 Å². The van der Waals surface area contributed by atoms with E-state index >= 15 is 0 Å². The first kappa shape index (κ1) is 15.5. The molecule has 3 amide bonds. The maximum Gasteiger partial charge on any atom is 0.256 e. The Bertz CT molecular complexity index is 640. The van der Waals surface area contributed by atoms with Crippen molar-refractivity contribution in [2.24, 2.45) is 0 Å². The summed E-state index contributed by atoms with van der Waals surface area (Å²) in [5, 5.41) is 0. The molecule has 7 heteroatoms. The standard InChI is InChI=1S/C16H19N3O4/c1-17-13-5-3-2-4-12(13)16(22)19(10-14(17)20)11-15(21)18-6-8-23-9-7-18/h2-5H,6-11H2,1H3. The number of hydrogen-bond donors (Lipinski definition) is 0. The molecule has 122 valence electrons. The molecular weight excluding hydrogens is 298 g/mol. The Morgan fingerprint density at radius 1 is 1.17 bits per heavy atom. The van der Waals surface area contributed by atoms with Crippen molar-refractivity contribution in [3.05, 3.63) is 29.8 Å². The molecule has 0 aliphatic carbocycles. The summed E-state index contributed by atoms with van der Waals surface area (Å²) < 4.78 is 5.22. The van der Waals surface area contributed by atoms with E-state index < -0.39 is 0 Å². The first-order valence-electron chi connectivity index (χ1n) is 7.58. The number of carbonyl (C=O) groups excluding carboxylic acids is 3. The van der Waals surface area contributed by atoms with Crippen LogP contribution in [0.5, 0.6) is 0 Å². The van der Waals surface area contributed by atoms with Crippen molar-refractivity contribution in [1.82, 2.24) is 9.80 Å². The Balaban J connectivity index is 1.81. The van der Waals surface area contributed by atoms with Gasteiger partial charge in [0.25, 0.3) is 5.91 Å². The molecule has 0 N–H and O–H groups in total. The van der Waals surface area contributed by atoms with Crippen LogP contribution in [-0.4, -0.2) is 74.0 Å². The molecule has 0 bridgehead atoms. The van der Waals surface area contributed by atoms with Crippen LogP contribution in [0.4, 0.5) is 5.69 Å². The second-order valence-corrected chi connectivity index (χ2v) is 5.62. The predicted octanol–water partition coefficient (Wildman–Crippen LogP) is -0.0360. The zero-order valence-corrected chi connectivity index (χ0v) is 13.0. The molecule has 2 aliphatic rings. The van der Waals surface area contributed by atoms with Crippen LogP contribution in [0.3, 0.4) is 0 Å². The molecule has 0 saturated carbocycles. The molecule has 0 spiro atoms. The van der Waals surface area contributed by atoms with E-state index in [1.54, 1.807) is 36.2 Å². The quantitative estimate of drug-likeness (QED) is 0.768. The highest BCUT2D eigenvalue weighted by Gasteiger charge is 2.31. The highest BCUT2D eigenvalue weighted by Crippen LogP contribution is 2.24. The average Bonchev–Trinajstić information content (AvgIpc) is 2.67. The maximum absolute atomic E-state index is 12.7. The van der Waals surface area contributed by atoms with Crippen LogP contribution >= 0.6 is 0 Å². The largest absolute Gasteiger partial charge is 0.378 e. The SMILES string of the molecule is CN1C(=O)CN(CC(=O)N2CCOCC2)C(=O)c2ccccc21. The number of rotatable bonds is 2. The van der Waals surface area contributed by atoms with Gasteiger partial charge in [0, 0.05) is 20.1 Å². The van der Waals surface area contributed by atoms with Crippen LogP contribution in [0.1, 0.15) is 10.4 Å². The minimum absolute atomic E-state index is 0.0905. The molecule has 1 fully saturated rings. The third kappa shape index (κ3) is 3.05. The molecular formula is C16H19N3O4. The van der Waals surface area contributed by atoms with Crippen LogP contribution < -0.4 is 4.90 Å². The van der Waals surface area contributed by atoms with Crippen molar-refractivity contribution in [1.29, 1.82) is 0 Å². The summed E-state index contributed by atoms with van der Waals surface area (Å²) in [7, 11) is 1.64. The van der Waals surface area contributed by atoms with Crippen LogP contribution in [0.25, 0.3) is 0 Å². The second kappa shape index (κ2) is 6.37. The number of nitrogens with zero attached hydrogens (tertiary/aromatic N) is 3. The van der Waals surface area contributed by atoms with Gasteiger partial charge < -0.3 is 19.4 Å². The Morgan fingerprint density at radius 3 is 2.61 bits per heavy atom. The highest BCUT2D eigenvalue weighted by molar-refractivity contribution is 6.10. The smallest absolute Gasteiger partial charge is 0.256 e. The Hall–Kier alpha value is -2.41. The van der Waals surface area contributed by atoms with Crippen LogP contribution in [0.2, 0.25) is 0 Å². The fourth-order valence-electron chi connectivity index (χ4n) is 2.80. The molecule has 2 heterocycles. The number of hydrogen-bond acceptors (Lipinski definition) is 4. The van der Waals surface area contributed by atoms with Gasteiger partial charge in [0.15, 0.2) is 0 Å². The van der Waals surface area contributed by atoms with Gasteiger partial charge in [0.1, 0.15) is 13.1 Å². The summed E-state index contributed by atoms with van der Waals surface area (Å²) in [6.07, 6.45) is 0. The van der Waals surface area contributed by atoms with Crippen LogP contribution in [0, 0.1) is 0 Å². The molecule has 0 unspecified atom stereocenters. The third-order valence-electron chi connectivity index (χ3n) is 4.17. The fourth-order valence-corrected chi connectivity index (χ4v) is 2.80. The van der Waals surface area contributed by atoms with Crippen LogP contribution in [0.15, 0.2) is 24.3 Å². The van der Waals surface area contributed by atoms with E-state index in [-0.39, 0.29) is 30.8 Å². The molecule has 23 heavy (non-hydrogen) atoms. The lowest BCUT2D eigenvalue weighted by Gasteiger charge is -2.29. The van der Waals surface area contributed by atoms with E-state index in [4.69, 9.17) is 4.74 Å². The number of fused-ring (bicyclic) bond motifs is 1. The third-order valence-corrected chi connectivity index (χ3v) is 4.17. The van der Waals surface area contributed by atoms with Gasteiger partial charge in [-0.05, 0) is 12.1 Å². The van der Waals surface area contributed by atoms with Crippen molar-refractivity contribution in [3.63, 3.8) is 0 Å². The molecule has 0 atom stereocenters. The van der Waals surface area contributed by atoms with E-state index in [1.165, 1.54) is 9.80 Å². The van der Waals surface area contributed by atoms with Crippen LogP contribution in [-0.2, 0) is 14.3 Å². The number of carbonyl (C=O) groups is 3. The van der Waals surface area contributed by atoms with Gasteiger partial charge in [-0.25, -0.2) is 0 Å². The minimum Gasteiger partial charge on any atom is -0.378 e. The topological polar surface area (TPSA) is 70.2 Å². The molecule has 3 rings (SSSR count). The first-order chi connectivity index (χ1) is 11.1. The monoisotopic (exact) mass is 317 g/mol. The van der Waals surface area contributed by atoms with E-state index in [1.807, 2.05) is 0 Å². The highest BCUT2D eigenvalue weighted by atomic mass is 16.5. The second-order valence-electron chi connectivity index (χ2n) is 5.62. The number of anilines is 1. The van der Waals surface area contributed by atoms with Gasteiger partial charge in [0.2, 0.25) is 11.8 Å². The first-order valence-corrected chi connectivity index (χ1v) is 7.58. The summed E-state index contributed by atoms with van der Waals surface area (Å²) in [5.41, 5.74) is 1.01. The lowest BCUT2D eigenvalue weighted by Crippen LogP contribution is -2.48. The molecule has 0 radical (unpaired) electrons. The maximum atomic E-state index is 12.7. The summed E-state index contributed by atoms with van der Waals surface area (Å²) in [6, 6.07) is 6.95. The normalized spacial score (nSPS) is 18.7. The molecule has 7 nitrogen and oxygen atoms in total.